The first-order chi connectivity index (χ1) is 6.09. The van der Waals surface area contributed by atoms with Crippen LogP contribution in [0.5, 0.6) is 11.5 Å². The average Bonchev–Trinajstić information content (AvgIpc) is 2.07. The molecule has 13 heavy (non-hydrogen) atoms. The Morgan fingerprint density at radius 1 is 1.15 bits per heavy atom. The second-order valence-electron chi connectivity index (χ2n) is 3.53. The highest BCUT2D eigenvalue weighted by Gasteiger charge is 2.01. The minimum Gasteiger partial charge on any atom is -0.504 e. The molecule has 3 N–H and O–H groups in total. The van der Waals surface area contributed by atoms with Crippen molar-refractivity contribution in [3.8, 4) is 11.5 Å². The summed E-state index contributed by atoms with van der Waals surface area (Å²) in [6.07, 6.45) is 0.913. The Balaban J connectivity index is 2.63. The third-order valence-electron chi connectivity index (χ3n) is 1.95. The molecule has 3 nitrogen and oxygen atoms in total. The maximum absolute atomic E-state index is 9.21. The van der Waals surface area contributed by atoms with Crippen LogP contribution in [0.15, 0.2) is 18.2 Å². The van der Waals surface area contributed by atoms with Gasteiger partial charge in [0.15, 0.2) is 11.5 Å². The molecule has 72 valence electrons. The lowest BCUT2D eigenvalue weighted by Crippen LogP contribution is -3.05. The molecule has 0 aromatic heterocycles. The van der Waals surface area contributed by atoms with E-state index >= 15 is 0 Å². The van der Waals surface area contributed by atoms with E-state index < -0.39 is 0 Å². The zero-order valence-corrected chi connectivity index (χ0v) is 8.04. The van der Waals surface area contributed by atoms with Gasteiger partial charge in [-0.15, -0.1) is 0 Å². The molecular weight excluding hydrogens is 166 g/mol. The molecule has 0 aliphatic rings. The van der Waals surface area contributed by atoms with E-state index in [0.717, 1.165) is 18.5 Å². The molecule has 0 spiro atoms. The fourth-order valence-corrected chi connectivity index (χ4v) is 1.12. The third kappa shape index (κ3) is 2.95. The van der Waals surface area contributed by atoms with Crippen molar-refractivity contribution in [1.29, 1.82) is 0 Å². The minimum atomic E-state index is -0.0547. The third-order valence-corrected chi connectivity index (χ3v) is 1.95. The largest absolute Gasteiger partial charge is 0.504 e. The van der Waals surface area contributed by atoms with Crippen LogP contribution < -0.4 is 4.90 Å². The lowest BCUT2D eigenvalue weighted by Gasteiger charge is -2.07. The van der Waals surface area contributed by atoms with Gasteiger partial charge in [-0.2, -0.15) is 0 Å². The van der Waals surface area contributed by atoms with Crippen molar-refractivity contribution in [2.24, 2.45) is 0 Å². The number of phenolic OH excluding ortho intramolecular Hbond substituents is 2. The van der Waals surface area contributed by atoms with Crippen molar-refractivity contribution >= 4 is 0 Å². The van der Waals surface area contributed by atoms with Crippen molar-refractivity contribution < 1.29 is 15.1 Å². The van der Waals surface area contributed by atoms with Crippen LogP contribution in [0.1, 0.15) is 5.56 Å². The van der Waals surface area contributed by atoms with Crippen molar-refractivity contribution in [2.45, 2.75) is 6.42 Å². The van der Waals surface area contributed by atoms with E-state index in [1.165, 1.54) is 11.0 Å². The standard InChI is InChI=1S/C10H15NO2/c1-11(2)6-5-8-3-4-9(12)10(13)7-8/h3-4,7,12-13H,5-6H2,1-2H3/p+1. The molecule has 0 amide bonds. The van der Waals surface area contributed by atoms with Crippen LogP contribution in [-0.2, 0) is 6.42 Å². The van der Waals surface area contributed by atoms with Gasteiger partial charge in [0.25, 0.3) is 0 Å². The molecule has 0 radical (unpaired) electrons. The lowest BCUT2D eigenvalue weighted by molar-refractivity contribution is -0.858. The van der Waals surface area contributed by atoms with E-state index in [1.54, 1.807) is 6.07 Å². The van der Waals surface area contributed by atoms with Crippen molar-refractivity contribution in [2.75, 3.05) is 20.6 Å². The van der Waals surface area contributed by atoms with E-state index in [2.05, 4.69) is 14.1 Å². The minimum absolute atomic E-state index is 0.0359. The number of phenols is 2. The van der Waals surface area contributed by atoms with Crippen LogP contribution in [-0.4, -0.2) is 30.9 Å². The molecule has 1 aromatic rings. The molecule has 0 aliphatic heterocycles. The molecule has 0 fully saturated rings. The van der Waals surface area contributed by atoms with E-state index in [-0.39, 0.29) is 11.5 Å². The van der Waals surface area contributed by atoms with Gasteiger partial charge in [0.1, 0.15) is 0 Å². The fourth-order valence-electron chi connectivity index (χ4n) is 1.12. The van der Waals surface area contributed by atoms with Gasteiger partial charge < -0.3 is 15.1 Å². The molecule has 0 aliphatic carbocycles. The highest BCUT2D eigenvalue weighted by Crippen LogP contribution is 2.24. The van der Waals surface area contributed by atoms with Crippen molar-refractivity contribution in [3.63, 3.8) is 0 Å². The van der Waals surface area contributed by atoms with Crippen LogP contribution >= 0.6 is 0 Å². The number of rotatable bonds is 3. The van der Waals surface area contributed by atoms with Gasteiger partial charge in [-0.25, -0.2) is 0 Å². The average molecular weight is 182 g/mol. The Morgan fingerprint density at radius 2 is 1.85 bits per heavy atom. The zero-order chi connectivity index (χ0) is 9.84. The van der Waals surface area contributed by atoms with Gasteiger partial charge in [0.05, 0.1) is 20.6 Å². The van der Waals surface area contributed by atoms with Crippen LogP contribution in [0.4, 0.5) is 0 Å². The Bertz CT molecular complexity index is 284. The highest BCUT2D eigenvalue weighted by atomic mass is 16.3. The van der Waals surface area contributed by atoms with Crippen LogP contribution in [0.3, 0.4) is 0 Å². The zero-order valence-electron chi connectivity index (χ0n) is 8.04. The Morgan fingerprint density at radius 3 is 2.38 bits per heavy atom. The number of quaternary nitrogens is 1. The van der Waals surface area contributed by atoms with E-state index in [4.69, 9.17) is 5.11 Å². The lowest BCUT2D eigenvalue weighted by atomic mass is 10.1. The maximum atomic E-state index is 9.21. The molecule has 0 atom stereocenters. The molecule has 1 aromatic carbocycles. The summed E-state index contributed by atoms with van der Waals surface area (Å²) < 4.78 is 0. The first-order valence-electron chi connectivity index (χ1n) is 4.39. The topological polar surface area (TPSA) is 44.9 Å². The molecule has 0 saturated carbocycles. The molecule has 0 saturated heterocycles. The number of hydrogen-bond donors (Lipinski definition) is 3. The predicted molar refractivity (Wildman–Crippen MR) is 51.2 cm³/mol. The summed E-state index contributed by atoms with van der Waals surface area (Å²) in [6.45, 7) is 1.02. The number of benzene rings is 1. The summed E-state index contributed by atoms with van der Waals surface area (Å²) >= 11 is 0. The van der Waals surface area contributed by atoms with Gasteiger partial charge >= 0.3 is 0 Å². The van der Waals surface area contributed by atoms with Gasteiger partial charge in [0, 0.05) is 6.42 Å². The van der Waals surface area contributed by atoms with Gasteiger partial charge in [-0.3, -0.25) is 0 Å². The normalized spacial score (nSPS) is 10.7. The summed E-state index contributed by atoms with van der Waals surface area (Å²) in [5.41, 5.74) is 1.05. The highest BCUT2D eigenvalue weighted by molar-refractivity contribution is 5.40. The summed E-state index contributed by atoms with van der Waals surface area (Å²) in [6, 6.07) is 4.96. The first kappa shape index (κ1) is 9.86. The summed E-state index contributed by atoms with van der Waals surface area (Å²) in [4.78, 5) is 1.37. The molecule has 1 rings (SSSR count). The van der Waals surface area contributed by atoms with E-state index in [1.807, 2.05) is 6.07 Å². The van der Waals surface area contributed by atoms with Crippen LogP contribution in [0, 0.1) is 0 Å². The second kappa shape index (κ2) is 4.14. The number of likely N-dealkylation sites (N-methyl/N-ethyl adjacent to an activating group) is 1. The maximum Gasteiger partial charge on any atom is 0.157 e. The molecular formula is C10H16NO2+. The first-order valence-corrected chi connectivity index (χ1v) is 4.39. The van der Waals surface area contributed by atoms with Gasteiger partial charge in [-0.1, -0.05) is 6.07 Å². The predicted octanol–water partition coefficient (Wildman–Crippen LogP) is -0.215. The Hall–Kier alpha value is -1.22. The van der Waals surface area contributed by atoms with Crippen LogP contribution in [0.25, 0.3) is 0 Å². The smallest absolute Gasteiger partial charge is 0.157 e. The number of hydrogen-bond acceptors (Lipinski definition) is 2. The van der Waals surface area contributed by atoms with Crippen molar-refractivity contribution in [1.82, 2.24) is 0 Å². The number of nitrogens with one attached hydrogen (secondary N) is 1. The molecule has 0 unspecified atom stereocenters. The second-order valence-corrected chi connectivity index (χ2v) is 3.53. The SMILES string of the molecule is C[NH+](C)CCc1ccc(O)c(O)c1. The van der Waals surface area contributed by atoms with Gasteiger partial charge in [-0.05, 0) is 17.7 Å². The number of aromatic hydroxyl groups is 2. The summed E-state index contributed by atoms with van der Waals surface area (Å²) in [7, 11) is 4.17. The summed E-state index contributed by atoms with van der Waals surface area (Å²) in [5, 5.41) is 18.3. The monoisotopic (exact) mass is 182 g/mol. The van der Waals surface area contributed by atoms with Crippen LogP contribution in [0.2, 0.25) is 0 Å². The Labute approximate surface area is 78.2 Å². The van der Waals surface area contributed by atoms with E-state index in [0.29, 0.717) is 0 Å². The molecule has 0 bridgehead atoms. The van der Waals surface area contributed by atoms with E-state index in [9.17, 15) is 5.11 Å². The quantitative estimate of drug-likeness (QED) is 0.566. The molecule has 0 heterocycles. The molecule has 3 heteroatoms. The van der Waals surface area contributed by atoms with Crippen molar-refractivity contribution in [3.05, 3.63) is 23.8 Å². The van der Waals surface area contributed by atoms with Gasteiger partial charge in [0.2, 0.25) is 0 Å². The fraction of sp³-hybridized carbons (Fsp3) is 0.400. The Kier molecular flexibility index (Phi) is 3.14. The summed E-state index contributed by atoms with van der Waals surface area (Å²) in [5.74, 6) is -0.0905.